The molecule has 4 atom stereocenters. The predicted octanol–water partition coefficient (Wildman–Crippen LogP) is 5.67. The Bertz CT molecular complexity index is 1770. The minimum absolute atomic E-state index is 0.272. The van der Waals surface area contributed by atoms with Crippen LogP contribution >= 0.6 is 23.2 Å². The van der Waals surface area contributed by atoms with Gasteiger partial charge in [-0.1, -0.05) is 0 Å². The number of halogens is 5. The van der Waals surface area contributed by atoms with Crippen molar-refractivity contribution >= 4 is 64.4 Å². The van der Waals surface area contributed by atoms with Crippen molar-refractivity contribution in [1.82, 2.24) is 5.32 Å². The van der Waals surface area contributed by atoms with Crippen molar-refractivity contribution in [2.24, 2.45) is 5.41 Å². The van der Waals surface area contributed by atoms with Crippen LogP contribution in [0.1, 0.15) is 47.7 Å². The van der Waals surface area contributed by atoms with Crippen molar-refractivity contribution in [3.63, 3.8) is 0 Å². The number of amides is 1. The first kappa shape index (κ1) is 31.4. The van der Waals surface area contributed by atoms with E-state index >= 15 is 0 Å². The van der Waals surface area contributed by atoms with E-state index in [1.165, 1.54) is 20.3 Å². The van der Waals surface area contributed by atoms with Gasteiger partial charge in [-0.05, 0) is 0 Å². The molecule has 6 rings (SSSR count). The molecule has 1 amide bonds. The molecular formula is C32H29BCl2F3N3O4. The summed E-state index contributed by atoms with van der Waals surface area (Å²) in [5, 5.41) is 10.6. The Morgan fingerprint density at radius 1 is 1.09 bits per heavy atom. The van der Waals surface area contributed by atoms with Gasteiger partial charge in [0, 0.05) is 0 Å². The van der Waals surface area contributed by atoms with E-state index in [2.05, 4.69) is 16.0 Å². The fourth-order valence-electron chi connectivity index (χ4n) is 6.98. The maximum absolute atomic E-state index is 14.4. The molecule has 0 radical (unpaired) electrons. The van der Waals surface area contributed by atoms with Crippen LogP contribution < -0.4 is 26.2 Å². The van der Waals surface area contributed by atoms with E-state index in [1.54, 1.807) is 42.5 Å². The monoisotopic (exact) mass is 657 g/mol. The molecule has 3 N–H and O–H groups in total. The van der Waals surface area contributed by atoms with E-state index in [9.17, 15) is 22.8 Å². The van der Waals surface area contributed by atoms with Crippen LogP contribution in [-0.2, 0) is 14.9 Å². The molecular weight excluding hydrogens is 629 g/mol. The normalized spacial score (nSPS) is 23.4. The van der Waals surface area contributed by atoms with E-state index in [4.69, 9.17) is 32.7 Å². The molecule has 3 aliphatic heterocycles. The number of hydrogen-bond acceptors (Lipinski definition) is 6. The van der Waals surface area contributed by atoms with Gasteiger partial charge in [0.15, 0.2) is 0 Å². The van der Waals surface area contributed by atoms with Crippen LogP contribution in [-0.4, -0.2) is 56.9 Å². The Balaban J connectivity index is 1.55. The van der Waals surface area contributed by atoms with Gasteiger partial charge in [-0.15, -0.1) is 0 Å². The topological polar surface area (TPSA) is 88.7 Å². The van der Waals surface area contributed by atoms with E-state index in [0.717, 1.165) is 19.4 Å². The van der Waals surface area contributed by atoms with Gasteiger partial charge in [0.1, 0.15) is 0 Å². The maximum atomic E-state index is 14.4. The number of carbonyl (C=O) groups is 2. The fraction of sp³-hybridized carbons (Fsp3) is 0.344. The second kappa shape index (κ2) is 11.1. The molecule has 0 unspecified atom stereocenters. The standard InChI is InChI=1S/C32H29BCl2F3N3O4/c1-30(2,32(36,37)38)14-23-31(18-10-9-16(34)13-21(18)40-29(31)43)24-17-6-5-7-19(35)25(17)33-27(26(24)41-23)39-20-11-8-15(28(42)45-4)12-22(20)44-3/h5-13,23-24,26,39,41H,14H2,1-4H3,(H,40,43)/t23-,24-,26+,31+/m0/s1. The quantitative estimate of drug-likeness (QED) is 0.234. The molecule has 0 aromatic heterocycles. The molecule has 3 heterocycles. The molecule has 3 aromatic carbocycles. The Hall–Kier alpha value is -3.54. The third kappa shape index (κ3) is 4.91. The third-order valence-corrected chi connectivity index (χ3v) is 9.81. The van der Waals surface area contributed by atoms with Gasteiger partial charge in [0.2, 0.25) is 0 Å². The molecule has 3 aliphatic rings. The third-order valence-electron chi connectivity index (χ3n) is 9.25. The molecule has 1 spiro atoms. The van der Waals surface area contributed by atoms with Crippen LogP contribution in [0.4, 0.5) is 24.5 Å². The first-order valence-corrected chi connectivity index (χ1v) is 15.0. The molecule has 13 heteroatoms. The van der Waals surface area contributed by atoms with Gasteiger partial charge in [-0.3, -0.25) is 0 Å². The minimum atomic E-state index is -4.53. The summed E-state index contributed by atoms with van der Waals surface area (Å²) in [5.41, 5.74) is 0.118. The first-order valence-electron chi connectivity index (χ1n) is 14.2. The van der Waals surface area contributed by atoms with Crippen LogP contribution in [0.2, 0.25) is 10.0 Å². The van der Waals surface area contributed by atoms with Crippen LogP contribution in [0.3, 0.4) is 0 Å². The van der Waals surface area contributed by atoms with Crippen molar-refractivity contribution in [2.45, 2.75) is 49.9 Å². The zero-order valence-corrected chi connectivity index (χ0v) is 26.2. The van der Waals surface area contributed by atoms with E-state index < -0.39 is 46.9 Å². The first-order chi connectivity index (χ1) is 21.2. The van der Waals surface area contributed by atoms with Gasteiger partial charge in [0.05, 0.1) is 0 Å². The number of benzene rings is 3. The molecule has 0 aliphatic carbocycles. The Kier molecular flexibility index (Phi) is 7.73. The number of anilines is 2. The molecule has 1 fully saturated rings. The summed E-state index contributed by atoms with van der Waals surface area (Å²) in [6, 6.07) is 13.5. The summed E-state index contributed by atoms with van der Waals surface area (Å²) in [5.74, 6) is -1.30. The average molecular weight is 658 g/mol. The Morgan fingerprint density at radius 2 is 1.84 bits per heavy atom. The zero-order chi connectivity index (χ0) is 32.5. The van der Waals surface area contributed by atoms with Gasteiger partial charge in [0.25, 0.3) is 0 Å². The number of nitrogens with one attached hydrogen (secondary N) is 3. The van der Waals surface area contributed by atoms with Crippen LogP contribution in [0, 0.1) is 5.41 Å². The zero-order valence-electron chi connectivity index (χ0n) is 24.7. The summed E-state index contributed by atoms with van der Waals surface area (Å²) in [4.78, 5) is 26.5. The van der Waals surface area contributed by atoms with Crippen molar-refractivity contribution in [3.8, 4) is 5.75 Å². The van der Waals surface area contributed by atoms with Gasteiger partial charge in [-0.25, -0.2) is 0 Å². The Morgan fingerprint density at radius 3 is 2.53 bits per heavy atom. The second-order valence-corrected chi connectivity index (χ2v) is 13.0. The molecule has 7 nitrogen and oxygen atoms in total. The van der Waals surface area contributed by atoms with Crippen molar-refractivity contribution in [2.75, 3.05) is 24.9 Å². The van der Waals surface area contributed by atoms with E-state index in [1.807, 2.05) is 13.0 Å². The summed E-state index contributed by atoms with van der Waals surface area (Å²) >= 11 is 13.0. The number of ether oxygens (including phenoxy) is 2. The average Bonchev–Trinajstić information content (AvgIpc) is 3.47. The van der Waals surface area contributed by atoms with E-state index in [0.29, 0.717) is 43.8 Å². The number of alkyl halides is 3. The second-order valence-electron chi connectivity index (χ2n) is 12.1. The number of fused-ring (bicyclic) bond motifs is 6. The molecule has 0 bridgehead atoms. The van der Waals surface area contributed by atoms with Crippen LogP contribution in [0.5, 0.6) is 5.75 Å². The Labute approximate surface area is 268 Å². The van der Waals surface area contributed by atoms with Crippen LogP contribution in [0.25, 0.3) is 0 Å². The number of esters is 1. The molecule has 234 valence electrons. The molecule has 0 saturated carbocycles. The summed E-state index contributed by atoms with van der Waals surface area (Å²) in [6.45, 7) is 4.13. The number of carbonyl (C=O) groups excluding carboxylic acids is 2. The summed E-state index contributed by atoms with van der Waals surface area (Å²) in [7, 11) is 2.73. The summed E-state index contributed by atoms with van der Waals surface area (Å²) in [6.07, 6.45) is -4.92. The molecule has 1 saturated heterocycles. The van der Waals surface area contributed by atoms with Gasteiger partial charge >= 0.3 is 269 Å². The van der Waals surface area contributed by atoms with Crippen molar-refractivity contribution in [3.05, 3.63) is 81.3 Å². The SMILES string of the molecule is COC(=O)c1ccc(NC2=Bc3c(Cl)cccc3[C@H]3[C@H]2N[C@@H](CC(C)(C)C(F)(F)F)[C@@]32C(=O)Nc3cc(Cl)ccc32)c(OC)c1. The van der Waals surface area contributed by atoms with E-state index in [-0.39, 0.29) is 12.0 Å². The summed E-state index contributed by atoms with van der Waals surface area (Å²) < 4.78 is 53.6. The van der Waals surface area contributed by atoms with Crippen molar-refractivity contribution in [1.29, 1.82) is 0 Å². The van der Waals surface area contributed by atoms with Gasteiger partial charge in [-0.2, -0.15) is 0 Å². The fourth-order valence-corrected chi connectivity index (χ4v) is 7.39. The number of methoxy groups -OCH3 is 2. The van der Waals surface area contributed by atoms with Crippen molar-refractivity contribution < 1.29 is 32.2 Å². The van der Waals surface area contributed by atoms with Gasteiger partial charge < -0.3 is 0 Å². The predicted molar refractivity (Wildman–Crippen MR) is 169 cm³/mol. The van der Waals surface area contributed by atoms with Crippen LogP contribution in [0.15, 0.2) is 54.6 Å². The number of rotatable bonds is 6. The molecule has 45 heavy (non-hydrogen) atoms. The number of hydrogen-bond donors (Lipinski definition) is 3. The molecule has 3 aromatic rings.